The highest BCUT2D eigenvalue weighted by Gasteiger charge is 2.41. The van der Waals surface area contributed by atoms with Crippen LogP contribution < -0.4 is 4.90 Å². The van der Waals surface area contributed by atoms with Gasteiger partial charge in [0.15, 0.2) is 0 Å². The van der Waals surface area contributed by atoms with Crippen LogP contribution >= 0.6 is 0 Å². The molecular formula is C14H17NO2. The van der Waals surface area contributed by atoms with E-state index in [0.717, 1.165) is 25.7 Å². The number of nitrogens with zero attached hydrogens (tertiary/aromatic N) is 1. The molecule has 1 N–H and O–H groups in total. The molecule has 2 aliphatic rings. The van der Waals surface area contributed by atoms with Crippen LogP contribution in [0.25, 0.3) is 0 Å². The van der Waals surface area contributed by atoms with E-state index in [9.17, 15) is 9.90 Å². The zero-order chi connectivity index (χ0) is 12.0. The molecule has 2 atom stereocenters. The number of carboxylic acids is 1. The van der Waals surface area contributed by atoms with Gasteiger partial charge in [-0.3, -0.25) is 0 Å². The number of hydrogen-bond acceptors (Lipinski definition) is 2. The third kappa shape index (κ3) is 1.53. The fourth-order valence-electron chi connectivity index (χ4n) is 3.36. The van der Waals surface area contributed by atoms with Crippen molar-refractivity contribution in [1.29, 1.82) is 0 Å². The molecule has 1 aromatic rings. The largest absolute Gasteiger partial charge is 0.480 e. The summed E-state index contributed by atoms with van der Waals surface area (Å²) >= 11 is 0. The number of aryl methyl sites for hydroxylation is 2. The Morgan fingerprint density at radius 3 is 2.94 bits per heavy atom. The number of para-hydroxylation sites is 1. The summed E-state index contributed by atoms with van der Waals surface area (Å²) in [5.41, 5.74) is 3.71. The maximum absolute atomic E-state index is 11.3. The van der Waals surface area contributed by atoms with E-state index >= 15 is 0 Å². The highest BCUT2D eigenvalue weighted by atomic mass is 16.4. The Hall–Kier alpha value is -1.51. The molecule has 1 saturated heterocycles. The van der Waals surface area contributed by atoms with Crippen molar-refractivity contribution >= 4 is 11.7 Å². The monoisotopic (exact) mass is 231 g/mol. The van der Waals surface area contributed by atoms with Crippen LogP contribution in [0.2, 0.25) is 0 Å². The van der Waals surface area contributed by atoms with Crippen LogP contribution in [0.5, 0.6) is 0 Å². The van der Waals surface area contributed by atoms with Crippen LogP contribution in [0.1, 0.15) is 30.4 Å². The normalized spacial score (nSPS) is 26.5. The molecule has 1 aromatic carbocycles. The summed E-state index contributed by atoms with van der Waals surface area (Å²) in [6.07, 6.45) is 3.99. The maximum atomic E-state index is 11.3. The van der Waals surface area contributed by atoms with Gasteiger partial charge in [0.1, 0.15) is 6.04 Å². The van der Waals surface area contributed by atoms with Crippen LogP contribution in [0.3, 0.4) is 0 Å². The van der Waals surface area contributed by atoms with Crippen LogP contribution in [0.4, 0.5) is 5.69 Å². The summed E-state index contributed by atoms with van der Waals surface area (Å²) < 4.78 is 0. The molecular weight excluding hydrogens is 214 g/mol. The van der Waals surface area contributed by atoms with Crippen molar-refractivity contribution in [2.45, 2.75) is 44.7 Å². The number of hydrogen-bond donors (Lipinski definition) is 1. The molecule has 0 saturated carbocycles. The van der Waals surface area contributed by atoms with Crippen LogP contribution in [0, 0.1) is 6.92 Å². The molecule has 3 heteroatoms. The zero-order valence-corrected chi connectivity index (χ0v) is 10.0. The number of fused-ring (bicyclic) bond motifs is 3. The minimum Gasteiger partial charge on any atom is -0.480 e. The lowest BCUT2D eigenvalue weighted by molar-refractivity contribution is -0.138. The van der Waals surface area contributed by atoms with E-state index in [0.29, 0.717) is 6.04 Å². The van der Waals surface area contributed by atoms with Gasteiger partial charge in [-0.2, -0.15) is 0 Å². The topological polar surface area (TPSA) is 40.5 Å². The van der Waals surface area contributed by atoms with Crippen molar-refractivity contribution in [2.75, 3.05) is 4.90 Å². The first-order valence-corrected chi connectivity index (χ1v) is 6.28. The van der Waals surface area contributed by atoms with E-state index in [1.165, 1.54) is 16.8 Å². The third-order valence-corrected chi connectivity index (χ3v) is 4.11. The molecule has 0 amide bonds. The molecule has 0 radical (unpaired) electrons. The minimum absolute atomic E-state index is 0.319. The third-order valence-electron chi connectivity index (χ3n) is 4.11. The standard InChI is InChI=1S/C14H17NO2/c1-9-3-2-4-10-5-6-11-7-8-12(14(16)17)15(11)13(9)10/h2-4,11-12H,5-8H2,1H3,(H,16,17). The molecule has 17 heavy (non-hydrogen) atoms. The summed E-state index contributed by atoms with van der Waals surface area (Å²) in [4.78, 5) is 13.5. The highest BCUT2D eigenvalue weighted by Crippen LogP contribution is 2.41. The number of benzene rings is 1. The van der Waals surface area contributed by atoms with Gasteiger partial charge in [-0.05, 0) is 43.7 Å². The number of anilines is 1. The van der Waals surface area contributed by atoms with Crippen LogP contribution in [0.15, 0.2) is 18.2 Å². The predicted molar refractivity (Wildman–Crippen MR) is 66.4 cm³/mol. The van der Waals surface area contributed by atoms with Gasteiger partial charge in [-0.15, -0.1) is 0 Å². The Labute approximate surface area is 101 Å². The highest BCUT2D eigenvalue weighted by molar-refractivity contribution is 5.81. The van der Waals surface area contributed by atoms with Gasteiger partial charge in [-0.25, -0.2) is 4.79 Å². The van der Waals surface area contributed by atoms with Crippen molar-refractivity contribution in [3.05, 3.63) is 29.3 Å². The van der Waals surface area contributed by atoms with Gasteiger partial charge in [0.25, 0.3) is 0 Å². The molecule has 1 fully saturated rings. The van der Waals surface area contributed by atoms with E-state index in [-0.39, 0.29) is 6.04 Å². The first-order valence-electron chi connectivity index (χ1n) is 6.28. The summed E-state index contributed by atoms with van der Waals surface area (Å²) in [5, 5.41) is 9.33. The SMILES string of the molecule is Cc1cccc2c1N1C(CC2)CCC1C(=O)O. The minimum atomic E-state index is -0.677. The Morgan fingerprint density at radius 2 is 2.18 bits per heavy atom. The first-order chi connectivity index (χ1) is 8.18. The second-order valence-electron chi connectivity index (χ2n) is 5.11. The number of aliphatic carboxylic acids is 1. The second-order valence-corrected chi connectivity index (χ2v) is 5.11. The molecule has 2 heterocycles. The number of rotatable bonds is 1. The van der Waals surface area contributed by atoms with Gasteiger partial charge in [0, 0.05) is 11.7 Å². The van der Waals surface area contributed by atoms with Crippen molar-refractivity contribution in [1.82, 2.24) is 0 Å². The molecule has 0 bridgehead atoms. The molecule has 0 spiro atoms. The van der Waals surface area contributed by atoms with Crippen molar-refractivity contribution in [2.24, 2.45) is 0 Å². The summed E-state index contributed by atoms with van der Waals surface area (Å²) in [6.45, 7) is 2.08. The van der Waals surface area contributed by atoms with E-state index in [4.69, 9.17) is 0 Å². The number of carbonyl (C=O) groups is 1. The Morgan fingerprint density at radius 1 is 1.35 bits per heavy atom. The van der Waals surface area contributed by atoms with Gasteiger partial charge in [0.2, 0.25) is 0 Å². The quantitative estimate of drug-likeness (QED) is 0.806. The van der Waals surface area contributed by atoms with Gasteiger partial charge < -0.3 is 10.0 Å². The Balaban J connectivity index is 2.10. The number of carboxylic acid groups (broad SMARTS) is 1. The van der Waals surface area contributed by atoms with Crippen LogP contribution in [-0.2, 0) is 11.2 Å². The Kier molecular flexibility index (Phi) is 2.35. The molecule has 2 unspecified atom stereocenters. The lowest BCUT2D eigenvalue weighted by atomic mass is 9.94. The van der Waals surface area contributed by atoms with E-state index < -0.39 is 5.97 Å². The molecule has 3 rings (SSSR count). The Bertz CT molecular complexity index is 469. The van der Waals surface area contributed by atoms with Crippen LogP contribution in [-0.4, -0.2) is 23.2 Å². The van der Waals surface area contributed by atoms with Crippen molar-refractivity contribution in [3.63, 3.8) is 0 Å². The van der Waals surface area contributed by atoms with E-state index in [1.807, 2.05) is 0 Å². The van der Waals surface area contributed by atoms with Gasteiger partial charge in [-0.1, -0.05) is 18.2 Å². The summed E-state index contributed by atoms with van der Waals surface area (Å²) in [5.74, 6) is -0.677. The molecule has 2 aliphatic heterocycles. The summed E-state index contributed by atoms with van der Waals surface area (Å²) in [7, 11) is 0. The lowest BCUT2D eigenvalue weighted by Gasteiger charge is -2.37. The average molecular weight is 231 g/mol. The molecule has 0 aliphatic carbocycles. The van der Waals surface area contributed by atoms with Crippen molar-refractivity contribution in [3.8, 4) is 0 Å². The fourth-order valence-corrected chi connectivity index (χ4v) is 3.36. The lowest BCUT2D eigenvalue weighted by Crippen LogP contribution is -2.44. The average Bonchev–Trinajstić information content (AvgIpc) is 2.72. The smallest absolute Gasteiger partial charge is 0.326 e. The molecule has 90 valence electrons. The van der Waals surface area contributed by atoms with Gasteiger partial charge >= 0.3 is 5.97 Å². The molecule has 3 nitrogen and oxygen atoms in total. The van der Waals surface area contributed by atoms with E-state index in [2.05, 4.69) is 30.0 Å². The van der Waals surface area contributed by atoms with E-state index in [1.54, 1.807) is 0 Å². The zero-order valence-electron chi connectivity index (χ0n) is 10.0. The summed E-state index contributed by atoms with van der Waals surface area (Å²) in [6, 6.07) is 6.40. The first kappa shape index (κ1) is 10.6. The van der Waals surface area contributed by atoms with Crippen molar-refractivity contribution < 1.29 is 9.90 Å². The maximum Gasteiger partial charge on any atom is 0.326 e. The van der Waals surface area contributed by atoms with Gasteiger partial charge in [0.05, 0.1) is 0 Å². The predicted octanol–water partition coefficient (Wildman–Crippen LogP) is 2.36. The molecule has 0 aromatic heterocycles. The fraction of sp³-hybridized carbons (Fsp3) is 0.500. The second kappa shape index (κ2) is 3.76.